The third-order valence-corrected chi connectivity index (χ3v) is 6.49. The molecule has 8 heteroatoms. The molecule has 0 saturated carbocycles. The second kappa shape index (κ2) is 7.75. The second-order valence-electron chi connectivity index (χ2n) is 8.30. The van der Waals surface area contributed by atoms with E-state index in [-0.39, 0.29) is 17.9 Å². The summed E-state index contributed by atoms with van der Waals surface area (Å²) in [7, 11) is 1.58. The number of fused-ring (bicyclic) bond motifs is 1. The number of amides is 3. The lowest BCUT2D eigenvalue weighted by molar-refractivity contribution is -0.109. The normalized spacial score (nSPS) is 28.3. The van der Waals surface area contributed by atoms with Crippen molar-refractivity contribution in [2.45, 2.75) is 37.8 Å². The van der Waals surface area contributed by atoms with Crippen LogP contribution in [0.3, 0.4) is 0 Å². The summed E-state index contributed by atoms with van der Waals surface area (Å²) in [6.45, 7) is 5.04. The van der Waals surface area contributed by atoms with Gasteiger partial charge in [-0.2, -0.15) is 0 Å². The quantitative estimate of drug-likeness (QED) is 0.807. The van der Waals surface area contributed by atoms with E-state index in [1.165, 1.54) is 0 Å². The number of carbonyl (C=O) groups excluding carboxylic acids is 2. The van der Waals surface area contributed by atoms with Gasteiger partial charge in [0.15, 0.2) is 5.76 Å². The summed E-state index contributed by atoms with van der Waals surface area (Å²) in [4.78, 5) is 30.5. The minimum absolute atomic E-state index is 0.0370. The van der Waals surface area contributed by atoms with Gasteiger partial charge in [0.25, 0.3) is 5.91 Å². The third kappa shape index (κ3) is 3.75. The molecule has 3 aliphatic rings. The number of nitrogens with one attached hydrogen (secondary N) is 1. The molecule has 4 rings (SSSR count). The van der Waals surface area contributed by atoms with Crippen LogP contribution in [0.4, 0.5) is 4.79 Å². The van der Waals surface area contributed by atoms with Gasteiger partial charge in [-0.15, -0.1) is 0 Å². The first-order chi connectivity index (χ1) is 13.5. The molecule has 28 heavy (non-hydrogen) atoms. The molecule has 3 amide bonds. The molecule has 4 heterocycles. The molecule has 2 atom stereocenters. The largest absolute Gasteiger partial charge is 0.455 e. The molecule has 1 aromatic heterocycles. The van der Waals surface area contributed by atoms with Crippen LogP contribution in [-0.4, -0.2) is 83.7 Å². The van der Waals surface area contributed by atoms with Crippen molar-refractivity contribution in [2.75, 3.05) is 46.3 Å². The predicted molar refractivity (Wildman–Crippen MR) is 103 cm³/mol. The van der Waals surface area contributed by atoms with E-state index in [1.807, 2.05) is 15.9 Å². The van der Waals surface area contributed by atoms with Gasteiger partial charge in [-0.1, -0.05) is 0 Å². The van der Waals surface area contributed by atoms with Gasteiger partial charge < -0.3 is 24.6 Å². The number of urea groups is 1. The van der Waals surface area contributed by atoms with Crippen LogP contribution in [0.1, 0.15) is 42.0 Å². The van der Waals surface area contributed by atoms with Crippen molar-refractivity contribution in [1.29, 1.82) is 0 Å². The summed E-state index contributed by atoms with van der Waals surface area (Å²) >= 11 is 0. The number of aliphatic hydroxyl groups is 1. The summed E-state index contributed by atoms with van der Waals surface area (Å²) < 4.78 is 5.64. The number of piperidine rings is 2. The lowest BCUT2D eigenvalue weighted by atomic mass is 9.75. The van der Waals surface area contributed by atoms with Gasteiger partial charge in [0, 0.05) is 52.2 Å². The van der Waals surface area contributed by atoms with E-state index in [0.717, 1.165) is 44.8 Å². The van der Waals surface area contributed by atoms with E-state index in [9.17, 15) is 14.7 Å². The number of furan rings is 1. The molecular formula is C20H30N4O4. The fourth-order valence-corrected chi connectivity index (χ4v) is 4.73. The molecule has 3 aliphatic heterocycles. The van der Waals surface area contributed by atoms with Crippen LogP contribution < -0.4 is 5.32 Å². The molecule has 3 fully saturated rings. The molecule has 0 spiro atoms. The van der Waals surface area contributed by atoms with E-state index in [0.29, 0.717) is 38.2 Å². The Labute approximate surface area is 165 Å². The number of carbonyl (C=O) groups is 2. The molecule has 0 aliphatic carbocycles. The maximum Gasteiger partial charge on any atom is 0.320 e. The van der Waals surface area contributed by atoms with Crippen molar-refractivity contribution in [3.8, 4) is 0 Å². The number of hydrogen-bond donors (Lipinski definition) is 2. The van der Waals surface area contributed by atoms with Crippen molar-refractivity contribution in [3.05, 3.63) is 23.7 Å². The Morgan fingerprint density at radius 2 is 1.89 bits per heavy atom. The van der Waals surface area contributed by atoms with Crippen molar-refractivity contribution in [3.63, 3.8) is 0 Å². The molecular weight excluding hydrogens is 360 g/mol. The fourth-order valence-electron chi connectivity index (χ4n) is 4.73. The highest BCUT2D eigenvalue weighted by Gasteiger charge is 2.46. The van der Waals surface area contributed by atoms with Gasteiger partial charge >= 0.3 is 6.03 Å². The van der Waals surface area contributed by atoms with Gasteiger partial charge in [-0.25, -0.2) is 4.79 Å². The minimum Gasteiger partial charge on any atom is -0.455 e. The van der Waals surface area contributed by atoms with Crippen LogP contribution in [0.2, 0.25) is 0 Å². The topological polar surface area (TPSA) is 89.3 Å². The van der Waals surface area contributed by atoms with Crippen molar-refractivity contribution >= 4 is 11.9 Å². The minimum atomic E-state index is -0.686. The van der Waals surface area contributed by atoms with Crippen molar-refractivity contribution in [1.82, 2.24) is 20.0 Å². The standard InChI is InChI=1S/C20H30N4O4/c1-21-18(25)17-5-4-16(28-17)14-22-10-6-20(27)7-11-24(13-15(20)12-22)19(26)23-8-2-3-9-23/h4-5,15,27H,2-3,6-14H2,1H3,(H,21,25)/t15-,20-/m1/s1. The smallest absolute Gasteiger partial charge is 0.320 e. The lowest BCUT2D eigenvalue weighted by Crippen LogP contribution is -2.61. The van der Waals surface area contributed by atoms with Crippen LogP contribution in [-0.2, 0) is 6.54 Å². The summed E-state index contributed by atoms with van der Waals surface area (Å²) in [5, 5.41) is 13.7. The summed E-state index contributed by atoms with van der Waals surface area (Å²) in [5.41, 5.74) is -0.686. The van der Waals surface area contributed by atoms with E-state index >= 15 is 0 Å². The first-order valence-corrected chi connectivity index (χ1v) is 10.3. The molecule has 8 nitrogen and oxygen atoms in total. The van der Waals surface area contributed by atoms with E-state index in [2.05, 4.69) is 10.2 Å². The molecule has 154 valence electrons. The van der Waals surface area contributed by atoms with Crippen LogP contribution in [0.15, 0.2) is 16.5 Å². The molecule has 1 aromatic rings. The Hall–Kier alpha value is -2.06. The highest BCUT2D eigenvalue weighted by atomic mass is 16.4. The fraction of sp³-hybridized carbons (Fsp3) is 0.700. The average molecular weight is 390 g/mol. The van der Waals surface area contributed by atoms with Crippen LogP contribution in [0, 0.1) is 5.92 Å². The van der Waals surface area contributed by atoms with Gasteiger partial charge in [-0.3, -0.25) is 9.69 Å². The molecule has 0 unspecified atom stereocenters. The maximum atomic E-state index is 12.8. The highest BCUT2D eigenvalue weighted by Crippen LogP contribution is 2.36. The first kappa shape index (κ1) is 19.3. The first-order valence-electron chi connectivity index (χ1n) is 10.3. The molecule has 0 bridgehead atoms. The monoisotopic (exact) mass is 390 g/mol. The average Bonchev–Trinajstić information content (AvgIpc) is 3.39. The zero-order valence-corrected chi connectivity index (χ0v) is 16.5. The zero-order valence-electron chi connectivity index (χ0n) is 16.5. The van der Waals surface area contributed by atoms with Gasteiger partial charge in [0.2, 0.25) is 0 Å². The highest BCUT2D eigenvalue weighted by molar-refractivity contribution is 5.91. The van der Waals surface area contributed by atoms with Crippen LogP contribution >= 0.6 is 0 Å². The molecule has 0 radical (unpaired) electrons. The summed E-state index contributed by atoms with van der Waals surface area (Å²) in [5.74, 6) is 0.855. The number of likely N-dealkylation sites (tertiary alicyclic amines) is 3. The predicted octanol–water partition coefficient (Wildman–Crippen LogP) is 1.11. The van der Waals surface area contributed by atoms with Crippen molar-refractivity contribution < 1.29 is 19.1 Å². The zero-order chi connectivity index (χ0) is 19.7. The van der Waals surface area contributed by atoms with Crippen molar-refractivity contribution in [2.24, 2.45) is 5.92 Å². The number of hydrogen-bond acceptors (Lipinski definition) is 5. The van der Waals surface area contributed by atoms with E-state index in [1.54, 1.807) is 13.1 Å². The second-order valence-corrected chi connectivity index (χ2v) is 8.30. The van der Waals surface area contributed by atoms with Crippen LogP contribution in [0.25, 0.3) is 0 Å². The molecule has 3 saturated heterocycles. The van der Waals surface area contributed by atoms with Gasteiger partial charge in [0.1, 0.15) is 5.76 Å². The van der Waals surface area contributed by atoms with E-state index < -0.39 is 5.60 Å². The van der Waals surface area contributed by atoms with Gasteiger partial charge in [-0.05, 0) is 37.8 Å². The lowest BCUT2D eigenvalue weighted by Gasteiger charge is -2.50. The number of nitrogens with zero attached hydrogens (tertiary/aromatic N) is 3. The van der Waals surface area contributed by atoms with Crippen LogP contribution in [0.5, 0.6) is 0 Å². The molecule has 2 N–H and O–H groups in total. The van der Waals surface area contributed by atoms with Gasteiger partial charge in [0.05, 0.1) is 12.1 Å². The van der Waals surface area contributed by atoms with E-state index in [4.69, 9.17) is 4.42 Å². The maximum absolute atomic E-state index is 12.8. The summed E-state index contributed by atoms with van der Waals surface area (Å²) in [6, 6.07) is 3.64. The third-order valence-electron chi connectivity index (χ3n) is 6.49. The number of rotatable bonds is 3. The Kier molecular flexibility index (Phi) is 5.33. The molecule has 0 aromatic carbocycles. The Balaban J connectivity index is 1.38. The Morgan fingerprint density at radius 1 is 1.14 bits per heavy atom. The SMILES string of the molecule is CNC(=O)c1ccc(CN2CC[C@@]3(O)CCN(C(=O)N4CCCC4)C[C@H]3C2)o1. The summed E-state index contributed by atoms with van der Waals surface area (Å²) in [6.07, 6.45) is 3.52. The Morgan fingerprint density at radius 3 is 2.64 bits per heavy atom. The Bertz CT molecular complexity index is 730.